The Bertz CT molecular complexity index is 1100. The Kier molecular flexibility index (Phi) is 7.08. The van der Waals surface area contributed by atoms with E-state index in [1.807, 2.05) is 71.3 Å². The van der Waals surface area contributed by atoms with Crippen molar-refractivity contribution in [3.8, 4) is 5.69 Å². The third-order valence-electron chi connectivity index (χ3n) is 4.68. The first-order valence-electron chi connectivity index (χ1n) is 10.1. The molecule has 4 rings (SSSR count). The van der Waals surface area contributed by atoms with Gasteiger partial charge in [-0.05, 0) is 29.8 Å². The summed E-state index contributed by atoms with van der Waals surface area (Å²) in [4.78, 5) is 16.6. The van der Waals surface area contributed by atoms with Crippen molar-refractivity contribution in [2.45, 2.75) is 18.0 Å². The molecule has 4 aromatic rings. The van der Waals surface area contributed by atoms with Gasteiger partial charge in [0.05, 0.1) is 5.75 Å². The molecule has 0 aliphatic rings. The van der Waals surface area contributed by atoms with Crippen molar-refractivity contribution in [1.29, 1.82) is 0 Å². The van der Waals surface area contributed by atoms with Crippen molar-refractivity contribution < 1.29 is 4.79 Å². The van der Waals surface area contributed by atoms with Crippen LogP contribution < -0.4 is 5.32 Å². The van der Waals surface area contributed by atoms with E-state index >= 15 is 0 Å². The van der Waals surface area contributed by atoms with Crippen molar-refractivity contribution in [3.05, 3.63) is 102 Å². The highest BCUT2D eigenvalue weighted by atomic mass is 32.2. The second-order valence-electron chi connectivity index (χ2n) is 6.94. The highest BCUT2D eigenvalue weighted by Crippen LogP contribution is 2.23. The Morgan fingerprint density at radius 1 is 0.903 bits per heavy atom. The zero-order valence-corrected chi connectivity index (χ0v) is 17.8. The van der Waals surface area contributed by atoms with Crippen LogP contribution in [0.4, 0.5) is 0 Å². The summed E-state index contributed by atoms with van der Waals surface area (Å²) >= 11 is 1.39. The number of pyridine rings is 1. The molecule has 0 atom stereocenters. The van der Waals surface area contributed by atoms with Gasteiger partial charge in [-0.3, -0.25) is 14.3 Å². The summed E-state index contributed by atoms with van der Waals surface area (Å²) in [5.74, 6) is 1.09. The maximum atomic E-state index is 12.3. The molecule has 2 aromatic carbocycles. The number of nitrogens with one attached hydrogen (secondary N) is 1. The maximum absolute atomic E-state index is 12.3. The molecule has 156 valence electrons. The molecule has 7 heteroatoms. The minimum absolute atomic E-state index is 0.0341. The Labute approximate surface area is 185 Å². The molecule has 0 saturated carbocycles. The van der Waals surface area contributed by atoms with Gasteiger partial charge in [-0.1, -0.05) is 66.4 Å². The first-order valence-corrected chi connectivity index (χ1v) is 11.1. The van der Waals surface area contributed by atoms with Crippen LogP contribution in [0.25, 0.3) is 5.69 Å². The van der Waals surface area contributed by atoms with E-state index < -0.39 is 0 Å². The van der Waals surface area contributed by atoms with Gasteiger partial charge in [0.1, 0.15) is 5.82 Å². The molecule has 31 heavy (non-hydrogen) atoms. The fourth-order valence-electron chi connectivity index (χ4n) is 3.18. The van der Waals surface area contributed by atoms with Crippen molar-refractivity contribution in [2.24, 2.45) is 0 Å². The van der Waals surface area contributed by atoms with Crippen LogP contribution in [0.1, 0.15) is 17.1 Å². The van der Waals surface area contributed by atoms with Gasteiger partial charge in [-0.25, -0.2) is 0 Å². The van der Waals surface area contributed by atoms with Crippen LogP contribution in [-0.2, 0) is 17.6 Å². The SMILES string of the molecule is O=C(CSc1nnc(Cc2ccccc2)n1-c1ccccc1)NCCc1ccccn1. The molecular formula is C24H23N5OS. The number of para-hydroxylation sites is 1. The second kappa shape index (κ2) is 10.5. The molecule has 0 bridgehead atoms. The molecule has 2 heterocycles. The number of aromatic nitrogens is 4. The molecule has 0 aliphatic carbocycles. The van der Waals surface area contributed by atoms with E-state index in [0.29, 0.717) is 24.5 Å². The van der Waals surface area contributed by atoms with Gasteiger partial charge in [0.2, 0.25) is 5.91 Å². The Morgan fingerprint density at radius 3 is 2.39 bits per heavy atom. The first kappa shape index (κ1) is 20.8. The minimum Gasteiger partial charge on any atom is -0.355 e. The Morgan fingerprint density at radius 2 is 1.65 bits per heavy atom. The highest BCUT2D eigenvalue weighted by molar-refractivity contribution is 7.99. The van der Waals surface area contributed by atoms with Crippen molar-refractivity contribution in [1.82, 2.24) is 25.1 Å². The van der Waals surface area contributed by atoms with Gasteiger partial charge in [0, 0.05) is 37.0 Å². The summed E-state index contributed by atoms with van der Waals surface area (Å²) in [6, 6.07) is 26.0. The number of nitrogens with zero attached hydrogens (tertiary/aromatic N) is 4. The van der Waals surface area contributed by atoms with Crippen molar-refractivity contribution in [2.75, 3.05) is 12.3 Å². The average molecular weight is 430 g/mol. The summed E-state index contributed by atoms with van der Waals surface area (Å²) in [6.45, 7) is 0.557. The average Bonchev–Trinajstić information content (AvgIpc) is 3.22. The third kappa shape index (κ3) is 5.79. The number of rotatable bonds is 9. The molecular weight excluding hydrogens is 406 g/mol. The van der Waals surface area contributed by atoms with Crippen LogP contribution in [0.5, 0.6) is 0 Å². The van der Waals surface area contributed by atoms with E-state index in [0.717, 1.165) is 22.8 Å². The number of hydrogen-bond donors (Lipinski definition) is 1. The van der Waals surface area contributed by atoms with Crippen LogP contribution >= 0.6 is 11.8 Å². The van der Waals surface area contributed by atoms with Crippen molar-refractivity contribution in [3.63, 3.8) is 0 Å². The predicted molar refractivity (Wildman–Crippen MR) is 122 cm³/mol. The molecule has 1 amide bonds. The lowest BCUT2D eigenvalue weighted by molar-refractivity contribution is -0.118. The fourth-order valence-corrected chi connectivity index (χ4v) is 3.98. The standard InChI is InChI=1S/C24H23N5OS/c30-23(26-16-14-20-11-7-8-15-25-20)18-31-24-28-27-22(17-19-9-3-1-4-10-19)29(24)21-12-5-2-6-13-21/h1-13,15H,14,16-18H2,(H,26,30). The third-order valence-corrected chi connectivity index (χ3v) is 5.61. The molecule has 0 saturated heterocycles. The lowest BCUT2D eigenvalue weighted by Crippen LogP contribution is -2.27. The van der Waals surface area contributed by atoms with E-state index in [1.54, 1.807) is 6.20 Å². The number of carbonyl (C=O) groups excluding carboxylic acids is 1. The van der Waals surface area contributed by atoms with Crippen LogP contribution in [0, 0.1) is 0 Å². The molecule has 0 radical (unpaired) electrons. The molecule has 1 N–H and O–H groups in total. The van der Waals surface area contributed by atoms with Gasteiger partial charge >= 0.3 is 0 Å². The van der Waals surface area contributed by atoms with Crippen LogP contribution in [-0.4, -0.2) is 38.0 Å². The van der Waals surface area contributed by atoms with Gasteiger partial charge < -0.3 is 5.32 Å². The van der Waals surface area contributed by atoms with E-state index in [-0.39, 0.29) is 11.7 Å². The van der Waals surface area contributed by atoms with Crippen LogP contribution in [0.15, 0.2) is 90.2 Å². The lowest BCUT2D eigenvalue weighted by Gasteiger charge is -2.10. The molecule has 2 aromatic heterocycles. The van der Waals surface area contributed by atoms with Gasteiger partial charge in [0.15, 0.2) is 5.16 Å². The second-order valence-corrected chi connectivity index (χ2v) is 7.88. The number of thioether (sulfide) groups is 1. The molecule has 6 nitrogen and oxygen atoms in total. The summed E-state index contributed by atoms with van der Waals surface area (Å²) in [5.41, 5.74) is 3.11. The number of hydrogen-bond acceptors (Lipinski definition) is 5. The fraction of sp³-hybridized carbons (Fsp3) is 0.167. The minimum atomic E-state index is -0.0341. The largest absolute Gasteiger partial charge is 0.355 e. The Balaban J connectivity index is 1.42. The summed E-state index contributed by atoms with van der Waals surface area (Å²) in [7, 11) is 0. The Hall–Kier alpha value is -3.45. The van der Waals surface area contributed by atoms with E-state index in [9.17, 15) is 4.79 Å². The predicted octanol–water partition coefficient (Wildman–Crippen LogP) is 3.70. The van der Waals surface area contributed by atoms with E-state index in [2.05, 4.69) is 32.6 Å². The number of carbonyl (C=O) groups is 1. The lowest BCUT2D eigenvalue weighted by atomic mass is 10.1. The number of amides is 1. The van der Waals surface area contributed by atoms with Gasteiger partial charge in [-0.15, -0.1) is 10.2 Å². The van der Waals surface area contributed by atoms with Gasteiger partial charge in [0.25, 0.3) is 0 Å². The maximum Gasteiger partial charge on any atom is 0.230 e. The molecule has 0 fully saturated rings. The smallest absolute Gasteiger partial charge is 0.230 e. The number of benzene rings is 2. The summed E-state index contributed by atoms with van der Waals surface area (Å²) in [5, 5.41) is 12.4. The monoisotopic (exact) mass is 429 g/mol. The molecule has 0 aliphatic heterocycles. The van der Waals surface area contributed by atoms with E-state index in [1.165, 1.54) is 11.8 Å². The van der Waals surface area contributed by atoms with E-state index in [4.69, 9.17) is 0 Å². The first-order chi connectivity index (χ1) is 15.3. The van der Waals surface area contributed by atoms with Crippen LogP contribution in [0.3, 0.4) is 0 Å². The molecule has 0 spiro atoms. The quantitative estimate of drug-likeness (QED) is 0.411. The van der Waals surface area contributed by atoms with Gasteiger partial charge in [-0.2, -0.15) is 0 Å². The summed E-state index contributed by atoms with van der Waals surface area (Å²) < 4.78 is 2.03. The van der Waals surface area contributed by atoms with Crippen molar-refractivity contribution >= 4 is 17.7 Å². The molecule has 0 unspecified atom stereocenters. The highest BCUT2D eigenvalue weighted by Gasteiger charge is 2.16. The van der Waals surface area contributed by atoms with Crippen LogP contribution in [0.2, 0.25) is 0 Å². The zero-order valence-electron chi connectivity index (χ0n) is 17.0. The zero-order chi connectivity index (χ0) is 21.3. The normalized spacial score (nSPS) is 10.7. The topological polar surface area (TPSA) is 72.7 Å². The summed E-state index contributed by atoms with van der Waals surface area (Å²) in [6.07, 6.45) is 3.13.